The highest BCUT2D eigenvalue weighted by Gasteiger charge is 2.38. The van der Waals surface area contributed by atoms with Gasteiger partial charge in [0.2, 0.25) is 10.0 Å². The molecule has 9 heteroatoms. The minimum atomic E-state index is -3.69. The zero-order valence-electron chi connectivity index (χ0n) is 14.2. The van der Waals surface area contributed by atoms with Crippen LogP contribution in [0.3, 0.4) is 0 Å². The fourth-order valence-electron chi connectivity index (χ4n) is 3.61. The maximum atomic E-state index is 13.3. The second-order valence-electron chi connectivity index (χ2n) is 6.58. The molecule has 7 nitrogen and oxygen atoms in total. The Morgan fingerprint density at radius 2 is 1.93 bits per heavy atom. The molecule has 0 saturated carbocycles. The molecule has 1 saturated heterocycles. The van der Waals surface area contributed by atoms with Gasteiger partial charge in [-0.25, -0.2) is 18.2 Å². The van der Waals surface area contributed by atoms with E-state index in [2.05, 4.69) is 15.0 Å². The number of hydrogen-bond acceptors (Lipinski definition) is 5. The molecule has 3 heterocycles. The molecule has 0 aliphatic carbocycles. The van der Waals surface area contributed by atoms with Crippen LogP contribution in [0.25, 0.3) is 21.3 Å². The molecular formula is C18H16N4O3S2. The molecule has 1 fully saturated rings. The number of hydrogen-bond donors (Lipinski definition) is 2. The van der Waals surface area contributed by atoms with Crippen LogP contribution in [0.1, 0.15) is 23.9 Å². The van der Waals surface area contributed by atoms with Gasteiger partial charge in [-0.1, -0.05) is 12.1 Å². The molecule has 5 rings (SSSR count). The second kappa shape index (κ2) is 6.01. The number of aromatic nitrogens is 3. The van der Waals surface area contributed by atoms with Crippen LogP contribution in [-0.4, -0.2) is 34.2 Å². The first-order valence-electron chi connectivity index (χ1n) is 8.62. The Morgan fingerprint density at radius 3 is 2.78 bits per heavy atom. The molecule has 0 amide bonds. The number of sulfonamides is 1. The fourth-order valence-corrected chi connectivity index (χ4v) is 6.48. The average molecular weight is 400 g/mol. The lowest BCUT2D eigenvalue weighted by Gasteiger charge is -2.22. The lowest BCUT2D eigenvalue weighted by molar-refractivity contribution is 0.396. The van der Waals surface area contributed by atoms with Gasteiger partial charge in [0, 0.05) is 6.54 Å². The molecule has 0 radical (unpaired) electrons. The number of benzene rings is 2. The van der Waals surface area contributed by atoms with Crippen LogP contribution < -0.4 is 5.69 Å². The summed E-state index contributed by atoms with van der Waals surface area (Å²) in [6, 6.07) is 12.2. The van der Waals surface area contributed by atoms with Gasteiger partial charge in [0.1, 0.15) is 5.01 Å². The van der Waals surface area contributed by atoms with E-state index < -0.39 is 10.0 Å². The Kier molecular flexibility index (Phi) is 3.71. The molecule has 0 bridgehead atoms. The van der Waals surface area contributed by atoms with Gasteiger partial charge in [0.05, 0.1) is 32.2 Å². The molecule has 1 atom stereocenters. The minimum Gasteiger partial charge on any atom is -0.306 e. The molecule has 0 spiro atoms. The molecule has 1 unspecified atom stereocenters. The number of nitrogens with zero attached hydrogens (tertiary/aromatic N) is 2. The smallest absolute Gasteiger partial charge is 0.306 e. The van der Waals surface area contributed by atoms with Crippen molar-refractivity contribution in [2.45, 2.75) is 23.8 Å². The number of fused-ring (bicyclic) bond motifs is 2. The van der Waals surface area contributed by atoms with Gasteiger partial charge in [-0.05, 0) is 43.2 Å². The minimum absolute atomic E-state index is 0.179. The summed E-state index contributed by atoms with van der Waals surface area (Å²) in [6.07, 6.45) is 1.55. The van der Waals surface area contributed by atoms with Gasteiger partial charge in [-0.15, -0.1) is 11.3 Å². The fraction of sp³-hybridized carbons (Fsp3) is 0.222. The van der Waals surface area contributed by atoms with Crippen molar-refractivity contribution in [3.05, 3.63) is 58.0 Å². The Labute approximate surface area is 158 Å². The molecule has 27 heavy (non-hydrogen) atoms. The molecule has 4 aromatic rings. The van der Waals surface area contributed by atoms with Crippen LogP contribution in [-0.2, 0) is 10.0 Å². The summed E-state index contributed by atoms with van der Waals surface area (Å²) in [4.78, 5) is 21.5. The monoisotopic (exact) mass is 400 g/mol. The SMILES string of the molecule is O=c1[nH]c2ccc(S(=O)(=O)N3CCCC3c3nc4ccccc4s3)cc2[nH]1. The van der Waals surface area contributed by atoms with E-state index in [-0.39, 0.29) is 16.6 Å². The first-order valence-corrected chi connectivity index (χ1v) is 10.9. The van der Waals surface area contributed by atoms with Gasteiger partial charge in [-0.2, -0.15) is 4.31 Å². The molecular weight excluding hydrogens is 384 g/mol. The summed E-state index contributed by atoms with van der Waals surface area (Å²) < 4.78 is 29.2. The van der Waals surface area contributed by atoms with Crippen molar-refractivity contribution in [3.8, 4) is 0 Å². The molecule has 2 N–H and O–H groups in total. The largest absolute Gasteiger partial charge is 0.323 e. The Hall–Kier alpha value is -2.49. The predicted molar refractivity (Wildman–Crippen MR) is 104 cm³/mol. The third-order valence-corrected chi connectivity index (χ3v) is 7.94. The van der Waals surface area contributed by atoms with Gasteiger partial charge in [0.15, 0.2) is 0 Å². The van der Waals surface area contributed by atoms with E-state index in [0.29, 0.717) is 17.6 Å². The van der Waals surface area contributed by atoms with Gasteiger partial charge in [0.25, 0.3) is 0 Å². The normalized spacial score (nSPS) is 18.6. The molecule has 1 aliphatic heterocycles. The number of nitrogens with one attached hydrogen (secondary N) is 2. The van der Waals surface area contributed by atoms with Gasteiger partial charge >= 0.3 is 5.69 Å². The van der Waals surface area contributed by atoms with Crippen molar-refractivity contribution >= 4 is 42.6 Å². The van der Waals surface area contributed by atoms with Crippen LogP contribution in [0.4, 0.5) is 0 Å². The van der Waals surface area contributed by atoms with E-state index in [1.165, 1.54) is 16.4 Å². The van der Waals surface area contributed by atoms with Crippen LogP contribution >= 0.6 is 11.3 Å². The van der Waals surface area contributed by atoms with Crippen molar-refractivity contribution in [1.82, 2.24) is 19.3 Å². The number of imidazole rings is 1. The van der Waals surface area contributed by atoms with E-state index in [0.717, 1.165) is 28.1 Å². The zero-order chi connectivity index (χ0) is 18.6. The molecule has 2 aromatic heterocycles. The van der Waals surface area contributed by atoms with E-state index in [4.69, 9.17) is 0 Å². The number of rotatable bonds is 3. The number of para-hydroxylation sites is 1. The van der Waals surface area contributed by atoms with Crippen molar-refractivity contribution < 1.29 is 8.42 Å². The van der Waals surface area contributed by atoms with Crippen LogP contribution in [0.15, 0.2) is 52.2 Å². The lowest BCUT2D eigenvalue weighted by atomic mass is 10.2. The summed E-state index contributed by atoms with van der Waals surface area (Å²) in [5.41, 5.74) is 1.61. The third kappa shape index (κ3) is 2.70. The highest BCUT2D eigenvalue weighted by molar-refractivity contribution is 7.89. The topological polar surface area (TPSA) is 98.9 Å². The van der Waals surface area contributed by atoms with Crippen molar-refractivity contribution in [2.75, 3.05) is 6.54 Å². The van der Waals surface area contributed by atoms with E-state index >= 15 is 0 Å². The Bertz CT molecular complexity index is 1290. The summed E-state index contributed by atoms with van der Waals surface area (Å²) in [7, 11) is -3.69. The Morgan fingerprint density at radius 1 is 1.11 bits per heavy atom. The Balaban J connectivity index is 1.56. The number of H-pyrrole nitrogens is 2. The van der Waals surface area contributed by atoms with Crippen molar-refractivity contribution in [3.63, 3.8) is 0 Å². The maximum Gasteiger partial charge on any atom is 0.323 e. The van der Waals surface area contributed by atoms with Crippen LogP contribution in [0, 0.1) is 0 Å². The van der Waals surface area contributed by atoms with Crippen molar-refractivity contribution in [1.29, 1.82) is 0 Å². The predicted octanol–water partition coefficient (Wildman–Crippen LogP) is 2.99. The maximum absolute atomic E-state index is 13.3. The first kappa shape index (κ1) is 16.7. The first-order chi connectivity index (χ1) is 13.0. The average Bonchev–Trinajstić information content (AvgIpc) is 3.36. The number of aromatic amines is 2. The van der Waals surface area contributed by atoms with Crippen LogP contribution in [0.5, 0.6) is 0 Å². The van der Waals surface area contributed by atoms with Crippen LogP contribution in [0.2, 0.25) is 0 Å². The number of thiazole rings is 1. The molecule has 1 aliphatic rings. The standard InChI is InChI=1S/C18H16N4O3S2/c23-18-20-12-8-7-11(10-14(12)21-18)27(24,25)22-9-3-5-15(22)17-19-13-4-1-2-6-16(13)26-17/h1-2,4,6-8,10,15H,3,5,9H2,(H2,20,21,23). The quantitative estimate of drug-likeness (QED) is 0.552. The van der Waals surface area contributed by atoms with E-state index in [9.17, 15) is 13.2 Å². The van der Waals surface area contributed by atoms with E-state index in [1.807, 2.05) is 24.3 Å². The van der Waals surface area contributed by atoms with E-state index in [1.54, 1.807) is 17.4 Å². The summed E-state index contributed by atoms with van der Waals surface area (Å²) >= 11 is 1.55. The van der Waals surface area contributed by atoms with Gasteiger partial charge < -0.3 is 9.97 Å². The van der Waals surface area contributed by atoms with Gasteiger partial charge in [-0.3, -0.25) is 0 Å². The zero-order valence-corrected chi connectivity index (χ0v) is 15.8. The highest BCUT2D eigenvalue weighted by atomic mass is 32.2. The van der Waals surface area contributed by atoms with Crippen molar-refractivity contribution in [2.24, 2.45) is 0 Å². The second-order valence-corrected chi connectivity index (χ2v) is 9.53. The summed E-state index contributed by atoms with van der Waals surface area (Å²) in [5.74, 6) is 0. The molecule has 138 valence electrons. The highest BCUT2D eigenvalue weighted by Crippen LogP contribution is 2.39. The summed E-state index contributed by atoms with van der Waals surface area (Å²) in [5, 5.41) is 0.827. The summed E-state index contributed by atoms with van der Waals surface area (Å²) in [6.45, 7) is 0.463. The molecule has 2 aromatic carbocycles. The lowest BCUT2D eigenvalue weighted by Crippen LogP contribution is -2.30. The third-order valence-electron chi connectivity index (χ3n) is 4.89.